The van der Waals surface area contributed by atoms with E-state index in [2.05, 4.69) is 15.4 Å². The Bertz CT molecular complexity index is 1350. The molecule has 33 heavy (non-hydrogen) atoms. The van der Waals surface area contributed by atoms with E-state index >= 15 is 0 Å². The van der Waals surface area contributed by atoms with Crippen LogP contribution < -0.4 is 5.32 Å². The van der Waals surface area contributed by atoms with Gasteiger partial charge >= 0.3 is 0 Å². The summed E-state index contributed by atoms with van der Waals surface area (Å²) >= 11 is 1.37. The first-order valence-corrected chi connectivity index (χ1v) is 12.6. The van der Waals surface area contributed by atoms with Gasteiger partial charge < -0.3 is 9.73 Å². The van der Waals surface area contributed by atoms with Crippen LogP contribution in [0.1, 0.15) is 29.9 Å². The molecule has 0 bridgehead atoms. The number of carbonyl (C=O) groups excluding carboxylic acids is 1. The molecule has 0 fully saturated rings. The van der Waals surface area contributed by atoms with Crippen LogP contribution in [0.3, 0.4) is 0 Å². The molecule has 0 unspecified atom stereocenters. The van der Waals surface area contributed by atoms with Gasteiger partial charge in [-0.15, -0.1) is 11.3 Å². The third-order valence-corrected chi connectivity index (χ3v) is 7.86. The summed E-state index contributed by atoms with van der Waals surface area (Å²) in [4.78, 5) is 17.6. The number of sulfonamides is 1. The van der Waals surface area contributed by atoms with Crippen LogP contribution in [0.2, 0.25) is 0 Å². The van der Waals surface area contributed by atoms with Crippen molar-refractivity contribution in [3.05, 3.63) is 65.4 Å². The van der Waals surface area contributed by atoms with Gasteiger partial charge in [-0.25, -0.2) is 13.4 Å². The van der Waals surface area contributed by atoms with Gasteiger partial charge in [0.15, 0.2) is 5.76 Å². The quantitative estimate of drug-likeness (QED) is 0.401. The Morgan fingerprint density at radius 1 is 1.18 bits per heavy atom. The average molecular weight is 486 g/mol. The Labute approximate surface area is 195 Å². The Balaban J connectivity index is 1.55. The smallest absolute Gasteiger partial charge is 0.256 e. The standard InChI is InChI=1S/C22H23N5O4S2/c1-4-26(5-2)33(29,30)17-10-8-16(9-11-17)21(28)24-20-13-15(3)25-27(20)22-23-18(14-32-22)19-7-6-12-31-19/h6-14H,4-5H2,1-3H3,(H,24,28). The first-order valence-electron chi connectivity index (χ1n) is 10.3. The summed E-state index contributed by atoms with van der Waals surface area (Å²) in [6, 6.07) is 11.2. The molecule has 172 valence electrons. The molecular weight excluding hydrogens is 462 g/mol. The predicted molar refractivity (Wildman–Crippen MR) is 126 cm³/mol. The van der Waals surface area contributed by atoms with Crippen molar-refractivity contribution in [2.45, 2.75) is 25.7 Å². The van der Waals surface area contributed by atoms with Crippen molar-refractivity contribution in [3.63, 3.8) is 0 Å². The Hall–Kier alpha value is -3.28. The van der Waals surface area contributed by atoms with Gasteiger partial charge in [0.25, 0.3) is 5.91 Å². The number of nitrogens with zero attached hydrogens (tertiary/aromatic N) is 4. The molecule has 11 heteroatoms. The van der Waals surface area contributed by atoms with Crippen molar-refractivity contribution in [1.29, 1.82) is 0 Å². The molecule has 0 aliphatic rings. The van der Waals surface area contributed by atoms with Crippen molar-refractivity contribution in [2.75, 3.05) is 18.4 Å². The lowest BCUT2D eigenvalue weighted by atomic mass is 10.2. The normalized spacial score (nSPS) is 11.8. The first-order chi connectivity index (χ1) is 15.8. The minimum absolute atomic E-state index is 0.150. The molecule has 3 heterocycles. The fourth-order valence-corrected chi connectivity index (χ4v) is 5.55. The van der Waals surface area contributed by atoms with Gasteiger partial charge in [-0.1, -0.05) is 13.8 Å². The van der Waals surface area contributed by atoms with Crippen LogP contribution >= 0.6 is 11.3 Å². The van der Waals surface area contributed by atoms with E-state index in [0.29, 0.717) is 46.8 Å². The summed E-state index contributed by atoms with van der Waals surface area (Å²) in [5.41, 5.74) is 1.71. The molecule has 4 aromatic rings. The summed E-state index contributed by atoms with van der Waals surface area (Å²) in [7, 11) is -3.59. The van der Waals surface area contributed by atoms with E-state index in [1.165, 1.54) is 39.9 Å². The molecule has 0 aliphatic carbocycles. The number of furan rings is 1. The SMILES string of the molecule is CCN(CC)S(=O)(=O)c1ccc(C(=O)Nc2cc(C)nn2-c2nc(-c3ccco3)cs2)cc1. The molecule has 0 aliphatic heterocycles. The summed E-state index contributed by atoms with van der Waals surface area (Å²) in [6.45, 7) is 6.15. The highest BCUT2D eigenvalue weighted by Gasteiger charge is 2.22. The molecule has 0 radical (unpaired) electrons. The molecule has 9 nitrogen and oxygen atoms in total. The van der Waals surface area contributed by atoms with E-state index in [1.807, 2.05) is 18.4 Å². The molecule has 0 saturated heterocycles. The first kappa shape index (κ1) is 22.9. The van der Waals surface area contributed by atoms with Crippen LogP contribution in [-0.4, -0.2) is 46.5 Å². The van der Waals surface area contributed by atoms with Gasteiger partial charge in [-0.2, -0.15) is 14.1 Å². The lowest BCUT2D eigenvalue weighted by Gasteiger charge is -2.18. The lowest BCUT2D eigenvalue weighted by molar-refractivity contribution is 0.102. The highest BCUT2D eigenvalue weighted by Crippen LogP contribution is 2.27. The van der Waals surface area contributed by atoms with Crippen LogP contribution in [0, 0.1) is 6.92 Å². The third kappa shape index (κ3) is 4.61. The summed E-state index contributed by atoms with van der Waals surface area (Å²) < 4.78 is 33.6. The minimum atomic E-state index is -3.59. The average Bonchev–Trinajstić information content (AvgIpc) is 3.55. The number of hydrogen-bond acceptors (Lipinski definition) is 7. The molecular formula is C22H23N5O4S2. The highest BCUT2D eigenvalue weighted by molar-refractivity contribution is 7.89. The van der Waals surface area contributed by atoms with E-state index in [1.54, 1.807) is 36.9 Å². The monoisotopic (exact) mass is 485 g/mol. The number of aryl methyl sites for hydroxylation is 1. The zero-order valence-corrected chi connectivity index (χ0v) is 20.0. The minimum Gasteiger partial charge on any atom is -0.463 e. The van der Waals surface area contributed by atoms with Crippen LogP contribution in [0.15, 0.2) is 63.4 Å². The molecule has 1 N–H and O–H groups in total. The van der Waals surface area contributed by atoms with Gasteiger partial charge in [0, 0.05) is 30.1 Å². The van der Waals surface area contributed by atoms with Crippen molar-refractivity contribution >= 4 is 33.1 Å². The Morgan fingerprint density at radius 3 is 2.55 bits per heavy atom. The lowest BCUT2D eigenvalue weighted by Crippen LogP contribution is -2.30. The fraction of sp³-hybridized carbons (Fsp3) is 0.227. The molecule has 1 aromatic carbocycles. The third-order valence-electron chi connectivity index (χ3n) is 4.98. The van der Waals surface area contributed by atoms with Crippen LogP contribution in [0.4, 0.5) is 5.82 Å². The molecule has 4 rings (SSSR count). The summed E-state index contributed by atoms with van der Waals surface area (Å²) in [5.74, 6) is 0.718. The van der Waals surface area contributed by atoms with Crippen LogP contribution in [0.5, 0.6) is 0 Å². The zero-order valence-electron chi connectivity index (χ0n) is 18.3. The van der Waals surface area contributed by atoms with Crippen LogP contribution in [-0.2, 0) is 10.0 Å². The number of benzene rings is 1. The number of carbonyl (C=O) groups is 1. The fourth-order valence-electron chi connectivity index (χ4n) is 3.31. The topological polar surface area (TPSA) is 110 Å². The summed E-state index contributed by atoms with van der Waals surface area (Å²) in [6.07, 6.45) is 1.58. The number of rotatable bonds is 8. The number of amides is 1. The van der Waals surface area contributed by atoms with Crippen LogP contribution in [0.25, 0.3) is 16.6 Å². The molecule has 3 aromatic heterocycles. The van der Waals surface area contributed by atoms with E-state index in [4.69, 9.17) is 4.42 Å². The van der Waals surface area contributed by atoms with E-state index in [9.17, 15) is 13.2 Å². The Kier molecular flexibility index (Phi) is 6.45. The largest absolute Gasteiger partial charge is 0.463 e. The Morgan fingerprint density at radius 2 is 1.91 bits per heavy atom. The van der Waals surface area contributed by atoms with Crippen molar-refractivity contribution in [1.82, 2.24) is 19.1 Å². The predicted octanol–water partition coefficient (Wildman–Crippen LogP) is 4.18. The second kappa shape index (κ2) is 9.30. The molecule has 1 amide bonds. The zero-order chi connectivity index (χ0) is 23.6. The van der Waals surface area contributed by atoms with Gasteiger partial charge in [0.05, 0.1) is 16.9 Å². The number of nitrogens with one attached hydrogen (secondary N) is 1. The number of hydrogen-bond donors (Lipinski definition) is 1. The second-order valence-electron chi connectivity index (χ2n) is 7.14. The number of aromatic nitrogens is 3. The van der Waals surface area contributed by atoms with E-state index in [0.717, 1.165) is 0 Å². The van der Waals surface area contributed by atoms with Crippen molar-refractivity contribution in [3.8, 4) is 16.6 Å². The second-order valence-corrected chi connectivity index (χ2v) is 9.92. The van der Waals surface area contributed by atoms with Gasteiger partial charge in [-0.3, -0.25) is 4.79 Å². The van der Waals surface area contributed by atoms with E-state index in [-0.39, 0.29) is 10.8 Å². The molecule has 0 saturated carbocycles. The van der Waals surface area contributed by atoms with E-state index < -0.39 is 10.0 Å². The van der Waals surface area contributed by atoms with Gasteiger partial charge in [0.1, 0.15) is 11.5 Å². The summed E-state index contributed by atoms with van der Waals surface area (Å²) in [5, 5.41) is 9.71. The molecule has 0 atom stereocenters. The van der Waals surface area contributed by atoms with Gasteiger partial charge in [0.2, 0.25) is 15.2 Å². The maximum absolute atomic E-state index is 12.9. The maximum atomic E-state index is 12.9. The number of thiazole rings is 1. The number of anilines is 1. The van der Waals surface area contributed by atoms with Gasteiger partial charge in [-0.05, 0) is 43.3 Å². The van der Waals surface area contributed by atoms with Crippen molar-refractivity contribution < 1.29 is 17.6 Å². The van der Waals surface area contributed by atoms with Crippen molar-refractivity contribution in [2.24, 2.45) is 0 Å². The highest BCUT2D eigenvalue weighted by atomic mass is 32.2. The maximum Gasteiger partial charge on any atom is 0.256 e. The molecule has 0 spiro atoms.